The average Bonchev–Trinajstić information content (AvgIpc) is 2.12. The molecule has 0 atom stereocenters. The topological polar surface area (TPSA) is 90.1 Å². The molecular weight excluding hydrogens is 212 g/mol. The van der Waals surface area contributed by atoms with Gasteiger partial charge < -0.3 is 15.4 Å². The molecule has 0 saturated carbocycles. The van der Waals surface area contributed by atoms with Crippen molar-refractivity contribution < 1.29 is 4.92 Å². The van der Waals surface area contributed by atoms with Crippen LogP contribution in [0.15, 0.2) is 4.79 Å². The van der Waals surface area contributed by atoms with Crippen LogP contribution >= 0.6 is 11.6 Å². The fraction of sp³-hybridized carbons (Fsp3) is 0.333. The van der Waals surface area contributed by atoms with Crippen molar-refractivity contribution in [2.45, 2.75) is 0 Å². The van der Waals surface area contributed by atoms with Gasteiger partial charge in [0.1, 0.15) is 5.69 Å². The van der Waals surface area contributed by atoms with Crippen molar-refractivity contribution in [1.82, 2.24) is 9.78 Å². The molecule has 0 aliphatic carbocycles. The highest BCUT2D eigenvalue weighted by Gasteiger charge is 2.22. The zero-order valence-corrected chi connectivity index (χ0v) is 8.20. The summed E-state index contributed by atoms with van der Waals surface area (Å²) in [6, 6.07) is 0. The number of aryl methyl sites for hydroxylation is 1. The van der Waals surface area contributed by atoms with Gasteiger partial charge in [-0.3, -0.25) is 4.79 Å². The lowest BCUT2D eigenvalue weighted by Crippen LogP contribution is -2.23. The van der Waals surface area contributed by atoms with Crippen molar-refractivity contribution in [2.75, 3.05) is 12.4 Å². The van der Waals surface area contributed by atoms with Crippen molar-refractivity contribution in [1.29, 1.82) is 0 Å². The second-order valence-corrected chi connectivity index (χ2v) is 2.83. The second kappa shape index (κ2) is 3.62. The Morgan fingerprint density at radius 2 is 2.21 bits per heavy atom. The quantitative estimate of drug-likeness (QED) is 0.573. The molecule has 76 valence electrons. The van der Waals surface area contributed by atoms with E-state index in [1.807, 2.05) is 0 Å². The normalized spacial score (nSPS) is 9.93. The molecule has 0 aliphatic rings. The summed E-state index contributed by atoms with van der Waals surface area (Å²) in [5, 5.41) is 16.1. The maximum Gasteiger partial charge on any atom is 0.409 e. The summed E-state index contributed by atoms with van der Waals surface area (Å²) in [7, 11) is 2.76. The van der Waals surface area contributed by atoms with E-state index in [0.29, 0.717) is 0 Å². The predicted octanol–water partition coefficient (Wildman–Crippen LogP) is 0.384. The minimum atomic E-state index is -0.747. The summed E-state index contributed by atoms with van der Waals surface area (Å²) in [6.07, 6.45) is 0. The molecule has 0 radical (unpaired) electrons. The lowest BCUT2D eigenvalue weighted by atomic mass is 10.4. The summed E-state index contributed by atoms with van der Waals surface area (Å²) >= 11 is 5.60. The Bertz CT molecular complexity index is 441. The largest absolute Gasteiger partial charge is 0.409 e. The Hall–Kier alpha value is -1.63. The molecular formula is C6H7ClN4O3. The second-order valence-electron chi connectivity index (χ2n) is 2.45. The van der Waals surface area contributed by atoms with E-state index in [1.54, 1.807) is 0 Å². The van der Waals surface area contributed by atoms with Crippen LogP contribution in [-0.4, -0.2) is 21.8 Å². The predicted molar refractivity (Wildman–Crippen MR) is 50.7 cm³/mol. The molecule has 1 rings (SSSR count). The molecule has 1 aromatic rings. The lowest BCUT2D eigenvalue weighted by Gasteiger charge is -2.02. The number of hydrogen-bond acceptors (Lipinski definition) is 5. The van der Waals surface area contributed by atoms with Gasteiger partial charge in [-0.25, -0.2) is 0 Å². The minimum absolute atomic E-state index is 0.0316. The lowest BCUT2D eigenvalue weighted by molar-refractivity contribution is -0.390. The van der Waals surface area contributed by atoms with Crippen LogP contribution < -0.4 is 10.9 Å². The number of halogens is 1. The minimum Gasteiger partial charge on any atom is -0.382 e. The monoisotopic (exact) mass is 218 g/mol. The van der Waals surface area contributed by atoms with Gasteiger partial charge in [0.15, 0.2) is 5.02 Å². The summed E-state index contributed by atoms with van der Waals surface area (Å²) in [4.78, 5) is 21.0. The van der Waals surface area contributed by atoms with Crippen molar-refractivity contribution in [3.05, 3.63) is 25.5 Å². The molecule has 0 spiro atoms. The molecule has 1 N–H and O–H groups in total. The van der Waals surface area contributed by atoms with Crippen LogP contribution in [0.4, 0.5) is 11.5 Å². The highest BCUT2D eigenvalue weighted by molar-refractivity contribution is 6.34. The Kier molecular flexibility index (Phi) is 2.70. The molecule has 0 fully saturated rings. The third-order valence-electron chi connectivity index (χ3n) is 1.59. The standard InChI is InChI=1S/C6H7ClN4O3/c1-8-4-3(7)5(11(13)14)9-10(2)6(4)12/h8H,1-2H3. The highest BCUT2D eigenvalue weighted by Crippen LogP contribution is 2.25. The molecule has 1 heterocycles. The first kappa shape index (κ1) is 10.5. The summed E-state index contributed by atoms with van der Waals surface area (Å²) in [6.45, 7) is 0. The maximum atomic E-state index is 11.3. The van der Waals surface area contributed by atoms with Gasteiger partial charge >= 0.3 is 11.4 Å². The van der Waals surface area contributed by atoms with Crippen LogP contribution in [0.2, 0.25) is 5.02 Å². The molecule has 14 heavy (non-hydrogen) atoms. The van der Waals surface area contributed by atoms with Crippen molar-refractivity contribution in [3.8, 4) is 0 Å². The molecule has 0 aliphatic heterocycles. The van der Waals surface area contributed by atoms with Gasteiger partial charge in [0.25, 0.3) is 0 Å². The molecule has 1 aromatic heterocycles. The smallest absolute Gasteiger partial charge is 0.382 e. The number of rotatable bonds is 2. The van der Waals surface area contributed by atoms with E-state index in [1.165, 1.54) is 14.1 Å². The third kappa shape index (κ3) is 1.53. The molecule has 7 nitrogen and oxygen atoms in total. The molecule has 8 heteroatoms. The zero-order chi connectivity index (χ0) is 10.9. The Labute approximate surface area is 83.4 Å². The summed E-state index contributed by atoms with van der Waals surface area (Å²) in [5.74, 6) is -0.543. The number of anilines is 1. The van der Waals surface area contributed by atoms with Gasteiger partial charge in [0.2, 0.25) is 0 Å². The van der Waals surface area contributed by atoms with Gasteiger partial charge in [0, 0.05) is 7.05 Å². The van der Waals surface area contributed by atoms with E-state index in [4.69, 9.17) is 11.6 Å². The highest BCUT2D eigenvalue weighted by atomic mass is 35.5. The Morgan fingerprint density at radius 3 is 2.64 bits per heavy atom. The fourth-order valence-electron chi connectivity index (χ4n) is 0.932. The number of nitro groups is 1. The van der Waals surface area contributed by atoms with Gasteiger partial charge in [-0.05, 0) is 4.92 Å². The Balaban J connectivity index is 3.59. The fourth-order valence-corrected chi connectivity index (χ4v) is 1.21. The van der Waals surface area contributed by atoms with E-state index in [9.17, 15) is 14.9 Å². The van der Waals surface area contributed by atoms with Crippen molar-refractivity contribution >= 4 is 23.1 Å². The van der Waals surface area contributed by atoms with E-state index < -0.39 is 16.3 Å². The molecule has 0 amide bonds. The molecule has 0 unspecified atom stereocenters. The first-order chi connectivity index (χ1) is 6.49. The van der Waals surface area contributed by atoms with E-state index >= 15 is 0 Å². The van der Waals surface area contributed by atoms with E-state index in [0.717, 1.165) is 4.68 Å². The SMILES string of the molecule is CNc1c(Cl)c([N+](=O)[O-])nn(C)c1=O. The van der Waals surface area contributed by atoms with Crippen LogP contribution in [0.3, 0.4) is 0 Å². The average molecular weight is 219 g/mol. The summed E-state index contributed by atoms with van der Waals surface area (Å²) in [5.41, 5.74) is -0.543. The van der Waals surface area contributed by atoms with Crippen LogP contribution in [0, 0.1) is 10.1 Å². The number of aromatic nitrogens is 2. The summed E-state index contributed by atoms with van der Waals surface area (Å²) < 4.78 is 0.857. The number of nitrogens with one attached hydrogen (secondary N) is 1. The Morgan fingerprint density at radius 1 is 1.64 bits per heavy atom. The maximum absolute atomic E-state index is 11.3. The van der Waals surface area contributed by atoms with Gasteiger partial charge in [-0.2, -0.15) is 0 Å². The molecule has 0 aromatic carbocycles. The van der Waals surface area contributed by atoms with Crippen LogP contribution in [-0.2, 0) is 7.05 Å². The molecule has 0 saturated heterocycles. The van der Waals surface area contributed by atoms with Crippen LogP contribution in [0.5, 0.6) is 0 Å². The van der Waals surface area contributed by atoms with E-state index in [2.05, 4.69) is 10.4 Å². The first-order valence-corrected chi connectivity index (χ1v) is 3.95. The van der Waals surface area contributed by atoms with Crippen LogP contribution in [0.25, 0.3) is 0 Å². The zero-order valence-electron chi connectivity index (χ0n) is 7.44. The van der Waals surface area contributed by atoms with Crippen molar-refractivity contribution in [2.24, 2.45) is 7.05 Å². The third-order valence-corrected chi connectivity index (χ3v) is 1.95. The first-order valence-electron chi connectivity index (χ1n) is 3.58. The van der Waals surface area contributed by atoms with Crippen molar-refractivity contribution in [3.63, 3.8) is 0 Å². The van der Waals surface area contributed by atoms with Gasteiger partial charge in [0.05, 0.1) is 12.1 Å². The van der Waals surface area contributed by atoms with Gasteiger partial charge in [-0.15, -0.1) is 4.68 Å². The number of hydrogen-bond donors (Lipinski definition) is 1. The van der Waals surface area contributed by atoms with Crippen LogP contribution in [0.1, 0.15) is 0 Å². The number of nitrogens with zero attached hydrogens (tertiary/aromatic N) is 3. The van der Waals surface area contributed by atoms with E-state index in [-0.39, 0.29) is 10.7 Å². The van der Waals surface area contributed by atoms with Gasteiger partial charge in [-0.1, -0.05) is 11.6 Å². The molecule has 0 bridgehead atoms.